The normalized spacial score (nSPS) is 17.3. The van der Waals surface area contributed by atoms with Crippen molar-refractivity contribution >= 4 is 0 Å². The van der Waals surface area contributed by atoms with Crippen molar-refractivity contribution in [2.75, 3.05) is 7.05 Å². The molecule has 3 nitrogen and oxygen atoms in total. The van der Waals surface area contributed by atoms with Crippen LogP contribution in [0.4, 0.5) is 0 Å². The monoisotopic (exact) mass is 365 g/mol. The van der Waals surface area contributed by atoms with Crippen LogP contribution in [-0.4, -0.2) is 23.2 Å². The molecule has 0 unspecified atom stereocenters. The average molecular weight is 366 g/mol. The van der Waals surface area contributed by atoms with E-state index in [1.807, 2.05) is 20.9 Å². The highest BCUT2D eigenvalue weighted by atomic mass is 16.3. The van der Waals surface area contributed by atoms with Crippen LogP contribution in [0.15, 0.2) is 47.2 Å². The van der Waals surface area contributed by atoms with Crippen LogP contribution in [0.1, 0.15) is 80.6 Å². The van der Waals surface area contributed by atoms with Crippen molar-refractivity contribution in [3.05, 3.63) is 47.2 Å². The molecule has 26 heavy (non-hydrogen) atoms. The standard InChI is InChI=1S/C17H25N.C4H10O.C2H6.H2O/c1-5-14-7-6-8-15(16(12-14)18-4)11-13(2)17(3)9-10-17;1-4(2,3)5;1-2;/h7-8,12,18H,2,5-6,9-11H2,1,3-4H3;5H,1-3H3;1-2H3;1H2. The first-order chi connectivity index (χ1) is 11.6. The number of allylic oxidation sites excluding steroid dienone is 6. The summed E-state index contributed by atoms with van der Waals surface area (Å²) in [4.78, 5) is 0. The van der Waals surface area contributed by atoms with Gasteiger partial charge in [0, 0.05) is 12.7 Å². The summed E-state index contributed by atoms with van der Waals surface area (Å²) in [7, 11) is 2.01. The lowest BCUT2D eigenvalue weighted by atomic mass is 9.91. The highest BCUT2D eigenvalue weighted by molar-refractivity contribution is 5.42. The summed E-state index contributed by atoms with van der Waals surface area (Å²) in [6.07, 6.45) is 12.8. The topological polar surface area (TPSA) is 63.8 Å². The largest absolute Gasteiger partial charge is 0.412 e. The second kappa shape index (κ2) is 12.1. The van der Waals surface area contributed by atoms with E-state index in [2.05, 4.69) is 44.0 Å². The Kier molecular flexibility index (Phi) is 12.6. The second-order valence-electron chi connectivity index (χ2n) is 7.92. The Bertz CT molecular complexity index is 509. The van der Waals surface area contributed by atoms with Gasteiger partial charge >= 0.3 is 0 Å². The zero-order valence-electron chi connectivity index (χ0n) is 18.4. The molecule has 0 atom stereocenters. The van der Waals surface area contributed by atoms with Gasteiger partial charge in [-0.2, -0.15) is 0 Å². The minimum Gasteiger partial charge on any atom is -0.412 e. The highest BCUT2D eigenvalue weighted by Gasteiger charge is 2.39. The zero-order valence-corrected chi connectivity index (χ0v) is 18.4. The second-order valence-corrected chi connectivity index (χ2v) is 7.92. The van der Waals surface area contributed by atoms with E-state index in [0.717, 1.165) is 19.3 Å². The van der Waals surface area contributed by atoms with Crippen LogP contribution in [0.5, 0.6) is 0 Å². The Morgan fingerprint density at radius 1 is 1.23 bits per heavy atom. The van der Waals surface area contributed by atoms with Gasteiger partial charge in [-0.25, -0.2) is 0 Å². The minimum absolute atomic E-state index is 0. The SMILES string of the molecule is C=C(CC1=CCC=C(CC)C=C1NC)C1(C)CC1.CC.CC(C)(C)O.O. The van der Waals surface area contributed by atoms with Crippen LogP contribution in [0, 0.1) is 5.41 Å². The van der Waals surface area contributed by atoms with Gasteiger partial charge in [0.25, 0.3) is 0 Å². The Labute approximate surface area is 162 Å². The van der Waals surface area contributed by atoms with Crippen molar-refractivity contribution in [1.29, 1.82) is 0 Å². The molecule has 0 spiro atoms. The Hall–Kier alpha value is -1.32. The molecule has 0 aromatic carbocycles. The molecule has 0 bridgehead atoms. The van der Waals surface area contributed by atoms with Crippen molar-refractivity contribution in [3.8, 4) is 0 Å². The van der Waals surface area contributed by atoms with Crippen LogP contribution in [0.3, 0.4) is 0 Å². The van der Waals surface area contributed by atoms with Crippen molar-refractivity contribution in [1.82, 2.24) is 5.32 Å². The van der Waals surface area contributed by atoms with Gasteiger partial charge in [0.15, 0.2) is 0 Å². The molecular formula is C23H43NO2. The van der Waals surface area contributed by atoms with Crippen LogP contribution in [0.2, 0.25) is 0 Å². The van der Waals surface area contributed by atoms with E-state index in [9.17, 15) is 0 Å². The van der Waals surface area contributed by atoms with Gasteiger partial charge in [0.05, 0.1) is 5.60 Å². The summed E-state index contributed by atoms with van der Waals surface area (Å²) in [5.74, 6) is 0. The molecule has 0 radical (unpaired) electrons. The van der Waals surface area contributed by atoms with E-state index in [-0.39, 0.29) is 5.48 Å². The van der Waals surface area contributed by atoms with Crippen molar-refractivity contribution in [3.63, 3.8) is 0 Å². The highest BCUT2D eigenvalue weighted by Crippen LogP contribution is 2.52. The van der Waals surface area contributed by atoms with Gasteiger partial charge in [0.2, 0.25) is 0 Å². The summed E-state index contributed by atoms with van der Waals surface area (Å²) in [6.45, 7) is 18.1. The first-order valence-corrected chi connectivity index (χ1v) is 9.77. The molecule has 152 valence electrons. The fraction of sp³-hybridized carbons (Fsp3) is 0.652. The van der Waals surface area contributed by atoms with E-state index >= 15 is 0 Å². The summed E-state index contributed by atoms with van der Waals surface area (Å²) in [5, 5.41) is 11.9. The first kappa shape index (κ1) is 26.9. The van der Waals surface area contributed by atoms with Gasteiger partial charge in [-0.3, -0.25) is 0 Å². The van der Waals surface area contributed by atoms with E-state index in [1.165, 1.54) is 35.3 Å². The summed E-state index contributed by atoms with van der Waals surface area (Å²) in [5.41, 5.74) is 5.43. The third kappa shape index (κ3) is 10.6. The zero-order chi connectivity index (χ0) is 19.7. The number of likely N-dealkylation sites (N-methyl/N-ethyl adjacent to an activating group) is 1. The summed E-state index contributed by atoms with van der Waals surface area (Å²) >= 11 is 0. The fourth-order valence-electron chi connectivity index (χ4n) is 2.43. The molecule has 0 heterocycles. The average Bonchev–Trinajstić information content (AvgIpc) is 3.31. The van der Waals surface area contributed by atoms with Crippen molar-refractivity contribution in [2.24, 2.45) is 5.41 Å². The number of nitrogens with one attached hydrogen (secondary N) is 1. The maximum Gasteiger partial charge on any atom is 0.0563 e. The lowest BCUT2D eigenvalue weighted by Gasteiger charge is -2.17. The molecule has 0 aromatic rings. The number of aliphatic hydroxyl groups is 1. The smallest absolute Gasteiger partial charge is 0.0563 e. The molecule has 1 fully saturated rings. The maximum atomic E-state index is 8.52. The maximum absolute atomic E-state index is 8.52. The molecule has 0 amide bonds. The predicted octanol–water partition coefficient (Wildman–Crippen LogP) is 5.48. The molecule has 2 aliphatic carbocycles. The van der Waals surface area contributed by atoms with Gasteiger partial charge in [-0.05, 0) is 75.5 Å². The van der Waals surface area contributed by atoms with Crippen LogP contribution in [0.25, 0.3) is 0 Å². The van der Waals surface area contributed by atoms with E-state index in [1.54, 1.807) is 20.8 Å². The quantitative estimate of drug-likeness (QED) is 0.633. The molecule has 0 saturated heterocycles. The predicted molar refractivity (Wildman–Crippen MR) is 116 cm³/mol. The molecule has 1 saturated carbocycles. The first-order valence-electron chi connectivity index (χ1n) is 9.77. The number of hydrogen-bond donors (Lipinski definition) is 2. The van der Waals surface area contributed by atoms with Crippen LogP contribution in [-0.2, 0) is 0 Å². The van der Waals surface area contributed by atoms with Gasteiger partial charge in [0.1, 0.15) is 0 Å². The molecule has 2 aliphatic rings. The lowest BCUT2D eigenvalue weighted by Crippen LogP contribution is -2.10. The third-order valence-corrected chi connectivity index (χ3v) is 4.35. The lowest BCUT2D eigenvalue weighted by molar-refractivity contribution is 0.102. The summed E-state index contributed by atoms with van der Waals surface area (Å²) < 4.78 is 0. The van der Waals surface area contributed by atoms with Gasteiger partial charge < -0.3 is 15.9 Å². The molecule has 0 aromatic heterocycles. The fourth-order valence-corrected chi connectivity index (χ4v) is 2.43. The Morgan fingerprint density at radius 3 is 2.12 bits per heavy atom. The third-order valence-electron chi connectivity index (χ3n) is 4.35. The minimum atomic E-state index is -0.500. The summed E-state index contributed by atoms with van der Waals surface area (Å²) in [6, 6.07) is 0. The number of rotatable bonds is 5. The van der Waals surface area contributed by atoms with Crippen LogP contribution >= 0.6 is 0 Å². The molecule has 0 aliphatic heterocycles. The van der Waals surface area contributed by atoms with Gasteiger partial charge in [-0.1, -0.05) is 52.0 Å². The van der Waals surface area contributed by atoms with Crippen molar-refractivity contribution in [2.45, 2.75) is 86.2 Å². The molecule has 3 heteroatoms. The van der Waals surface area contributed by atoms with E-state index in [0.29, 0.717) is 5.41 Å². The Morgan fingerprint density at radius 2 is 1.73 bits per heavy atom. The van der Waals surface area contributed by atoms with Gasteiger partial charge in [-0.15, -0.1) is 0 Å². The van der Waals surface area contributed by atoms with E-state index < -0.39 is 5.60 Å². The molecule has 4 N–H and O–H groups in total. The van der Waals surface area contributed by atoms with E-state index in [4.69, 9.17) is 5.11 Å². The van der Waals surface area contributed by atoms with Crippen LogP contribution < -0.4 is 5.32 Å². The molecular weight excluding hydrogens is 322 g/mol. The number of hydrogen-bond acceptors (Lipinski definition) is 2. The Balaban J connectivity index is 0. The molecule has 2 rings (SSSR count). The van der Waals surface area contributed by atoms with Crippen molar-refractivity contribution < 1.29 is 10.6 Å².